The molecule has 0 spiro atoms. The Morgan fingerprint density at radius 2 is 2.41 bits per heavy atom. The van der Waals surface area contributed by atoms with Crippen molar-refractivity contribution in [1.29, 1.82) is 0 Å². The van der Waals surface area contributed by atoms with Gasteiger partial charge in [0.25, 0.3) is 0 Å². The third kappa shape index (κ3) is 2.28. The molecule has 3 N–H and O–H groups in total. The summed E-state index contributed by atoms with van der Waals surface area (Å²) >= 11 is 1.66. The van der Waals surface area contributed by atoms with Crippen molar-refractivity contribution >= 4 is 11.3 Å². The highest BCUT2D eigenvalue weighted by Crippen LogP contribution is 2.51. The van der Waals surface area contributed by atoms with Gasteiger partial charge in [-0.1, -0.05) is 13.3 Å². The van der Waals surface area contributed by atoms with Crippen LogP contribution >= 0.6 is 11.3 Å². The van der Waals surface area contributed by atoms with E-state index in [9.17, 15) is 5.11 Å². The van der Waals surface area contributed by atoms with Crippen LogP contribution in [-0.4, -0.2) is 11.7 Å². The molecule has 0 radical (unpaired) electrons. The van der Waals surface area contributed by atoms with Crippen molar-refractivity contribution in [2.24, 2.45) is 17.1 Å². The lowest BCUT2D eigenvalue weighted by Crippen LogP contribution is -2.34. The predicted molar refractivity (Wildman–Crippen MR) is 73.1 cm³/mol. The summed E-state index contributed by atoms with van der Waals surface area (Å²) < 4.78 is 0. The average molecular weight is 253 g/mol. The fourth-order valence-electron chi connectivity index (χ4n) is 3.11. The first-order chi connectivity index (χ1) is 8.13. The summed E-state index contributed by atoms with van der Waals surface area (Å²) in [6.45, 7) is 4.91. The number of hydrogen-bond acceptors (Lipinski definition) is 3. The Balaban J connectivity index is 2.22. The van der Waals surface area contributed by atoms with E-state index in [2.05, 4.69) is 25.3 Å². The number of hydrogen-bond donors (Lipinski definition) is 2. The number of aryl methyl sites for hydroxylation is 1. The van der Waals surface area contributed by atoms with Gasteiger partial charge in [0.05, 0.1) is 6.10 Å². The van der Waals surface area contributed by atoms with Crippen LogP contribution in [-0.2, 0) is 0 Å². The van der Waals surface area contributed by atoms with Gasteiger partial charge >= 0.3 is 0 Å². The summed E-state index contributed by atoms with van der Waals surface area (Å²) in [6, 6.07) is 2.08. The van der Waals surface area contributed by atoms with Gasteiger partial charge < -0.3 is 10.8 Å². The molecule has 1 saturated carbocycles. The lowest BCUT2D eigenvalue weighted by molar-refractivity contribution is 0.0325. The Morgan fingerprint density at radius 1 is 1.65 bits per heavy atom. The van der Waals surface area contributed by atoms with Crippen molar-refractivity contribution in [3.05, 3.63) is 21.9 Å². The maximum Gasteiger partial charge on any atom is 0.0952 e. The second kappa shape index (κ2) is 5.09. The summed E-state index contributed by atoms with van der Waals surface area (Å²) in [7, 11) is 0. The van der Waals surface area contributed by atoms with Gasteiger partial charge in [-0.2, -0.15) is 0 Å². The second-order valence-electron chi connectivity index (χ2n) is 5.45. The van der Waals surface area contributed by atoms with E-state index in [4.69, 9.17) is 5.73 Å². The molecular formula is C14H23NOS. The third-order valence-corrected chi connectivity index (χ3v) is 5.53. The molecule has 1 aromatic rings. The maximum absolute atomic E-state index is 10.7. The number of aliphatic hydroxyl groups is 1. The van der Waals surface area contributed by atoms with Crippen LogP contribution < -0.4 is 5.73 Å². The lowest BCUT2D eigenvalue weighted by atomic mass is 9.78. The van der Waals surface area contributed by atoms with Gasteiger partial charge in [-0.15, -0.1) is 11.3 Å². The Kier molecular flexibility index (Phi) is 3.91. The first kappa shape index (κ1) is 13.1. The highest BCUT2D eigenvalue weighted by atomic mass is 32.1. The van der Waals surface area contributed by atoms with E-state index in [-0.39, 0.29) is 11.5 Å². The largest absolute Gasteiger partial charge is 0.387 e. The summed E-state index contributed by atoms with van der Waals surface area (Å²) in [4.78, 5) is 1.12. The van der Waals surface area contributed by atoms with Crippen LogP contribution in [0.5, 0.6) is 0 Å². The molecule has 3 atom stereocenters. The zero-order chi connectivity index (χ0) is 12.5. The molecule has 0 bridgehead atoms. The van der Waals surface area contributed by atoms with Gasteiger partial charge in [0.2, 0.25) is 0 Å². The molecule has 0 aliphatic heterocycles. The fraction of sp³-hybridized carbons (Fsp3) is 0.714. The second-order valence-corrected chi connectivity index (χ2v) is 6.40. The third-order valence-electron chi connectivity index (χ3n) is 4.46. The van der Waals surface area contributed by atoms with Gasteiger partial charge in [0, 0.05) is 16.8 Å². The Labute approximate surface area is 108 Å². The number of aliphatic hydroxyl groups excluding tert-OH is 1. The number of rotatable bonds is 4. The molecule has 0 aromatic carbocycles. The van der Waals surface area contributed by atoms with Crippen molar-refractivity contribution in [1.82, 2.24) is 0 Å². The van der Waals surface area contributed by atoms with Crippen LogP contribution in [0.25, 0.3) is 0 Å². The van der Waals surface area contributed by atoms with Crippen molar-refractivity contribution in [3.8, 4) is 0 Å². The van der Waals surface area contributed by atoms with Crippen molar-refractivity contribution in [2.45, 2.75) is 45.6 Å². The summed E-state index contributed by atoms with van der Waals surface area (Å²) in [5.41, 5.74) is 7.12. The zero-order valence-corrected chi connectivity index (χ0v) is 11.6. The van der Waals surface area contributed by atoms with E-state index in [1.165, 1.54) is 18.4 Å². The normalized spacial score (nSPS) is 30.7. The minimum Gasteiger partial charge on any atom is -0.387 e. The van der Waals surface area contributed by atoms with Crippen LogP contribution in [0.4, 0.5) is 0 Å². The number of thiophene rings is 1. The molecule has 0 amide bonds. The smallest absolute Gasteiger partial charge is 0.0952 e. The molecule has 0 saturated heterocycles. The van der Waals surface area contributed by atoms with Gasteiger partial charge in [-0.05, 0) is 49.1 Å². The summed E-state index contributed by atoms with van der Waals surface area (Å²) in [6.07, 6.45) is 4.20. The van der Waals surface area contributed by atoms with E-state index in [1.807, 2.05) is 0 Å². The molecule has 2 nitrogen and oxygen atoms in total. The molecular weight excluding hydrogens is 230 g/mol. The highest BCUT2D eigenvalue weighted by molar-refractivity contribution is 7.10. The summed E-state index contributed by atoms with van der Waals surface area (Å²) in [5, 5.41) is 12.7. The lowest BCUT2D eigenvalue weighted by Gasteiger charge is -2.33. The SMILES string of the molecule is CCC1CCC(CN)(C(O)c2sccc2C)C1. The molecule has 17 heavy (non-hydrogen) atoms. The first-order valence-electron chi connectivity index (χ1n) is 6.55. The zero-order valence-electron chi connectivity index (χ0n) is 10.8. The molecule has 96 valence electrons. The monoisotopic (exact) mass is 253 g/mol. The molecule has 1 aromatic heterocycles. The van der Waals surface area contributed by atoms with Crippen molar-refractivity contribution < 1.29 is 5.11 Å². The van der Waals surface area contributed by atoms with Crippen LogP contribution in [0, 0.1) is 18.3 Å². The van der Waals surface area contributed by atoms with E-state index < -0.39 is 0 Å². The molecule has 1 fully saturated rings. The van der Waals surface area contributed by atoms with Crippen LogP contribution in [0.3, 0.4) is 0 Å². The number of nitrogens with two attached hydrogens (primary N) is 1. The minimum atomic E-state index is -0.371. The Hall–Kier alpha value is -0.380. The van der Waals surface area contributed by atoms with Crippen molar-refractivity contribution in [2.75, 3.05) is 6.54 Å². The van der Waals surface area contributed by atoms with E-state index >= 15 is 0 Å². The molecule has 3 heteroatoms. The summed E-state index contributed by atoms with van der Waals surface area (Å²) in [5.74, 6) is 0.744. The van der Waals surface area contributed by atoms with Crippen molar-refractivity contribution in [3.63, 3.8) is 0 Å². The molecule has 3 unspecified atom stereocenters. The fourth-order valence-corrected chi connectivity index (χ4v) is 4.16. The van der Waals surface area contributed by atoms with Gasteiger partial charge in [0.15, 0.2) is 0 Å². The first-order valence-corrected chi connectivity index (χ1v) is 7.43. The molecule has 1 aliphatic carbocycles. The average Bonchev–Trinajstić information content (AvgIpc) is 2.95. The maximum atomic E-state index is 10.7. The Bertz CT molecular complexity index is 376. The molecule has 1 aliphatic rings. The van der Waals surface area contributed by atoms with E-state index in [1.54, 1.807) is 11.3 Å². The quantitative estimate of drug-likeness (QED) is 0.865. The standard InChI is InChI=1S/C14H23NOS/c1-3-11-4-6-14(8-11,9-15)13(16)12-10(2)5-7-17-12/h5,7,11,13,16H,3-4,6,8-9,15H2,1-2H3. The molecule has 2 rings (SSSR count). The Morgan fingerprint density at radius 3 is 2.88 bits per heavy atom. The molecule has 1 heterocycles. The topological polar surface area (TPSA) is 46.2 Å². The van der Waals surface area contributed by atoms with E-state index in [0.29, 0.717) is 6.54 Å². The van der Waals surface area contributed by atoms with E-state index in [0.717, 1.165) is 23.6 Å². The van der Waals surface area contributed by atoms with Crippen LogP contribution in [0.1, 0.15) is 49.2 Å². The predicted octanol–water partition coefficient (Wildman–Crippen LogP) is 3.25. The highest BCUT2D eigenvalue weighted by Gasteiger charge is 2.44. The van der Waals surface area contributed by atoms with Crippen LogP contribution in [0.2, 0.25) is 0 Å². The van der Waals surface area contributed by atoms with Gasteiger partial charge in [0.1, 0.15) is 0 Å². The van der Waals surface area contributed by atoms with Gasteiger partial charge in [-0.3, -0.25) is 0 Å². The minimum absolute atomic E-state index is 0.0731. The van der Waals surface area contributed by atoms with Gasteiger partial charge in [-0.25, -0.2) is 0 Å². The van der Waals surface area contributed by atoms with Crippen LogP contribution in [0.15, 0.2) is 11.4 Å².